The van der Waals surface area contributed by atoms with E-state index in [1.165, 1.54) is 11.3 Å². The van der Waals surface area contributed by atoms with Crippen molar-refractivity contribution in [3.05, 3.63) is 27.5 Å². The van der Waals surface area contributed by atoms with Crippen molar-refractivity contribution in [1.29, 1.82) is 0 Å². The van der Waals surface area contributed by atoms with Crippen molar-refractivity contribution in [1.82, 2.24) is 4.57 Å². The van der Waals surface area contributed by atoms with Crippen molar-refractivity contribution < 1.29 is 4.79 Å². The van der Waals surface area contributed by atoms with Crippen LogP contribution in [0.3, 0.4) is 0 Å². The van der Waals surface area contributed by atoms with Crippen molar-refractivity contribution in [2.75, 3.05) is 0 Å². The van der Waals surface area contributed by atoms with Gasteiger partial charge in [-0.2, -0.15) is 4.99 Å². The van der Waals surface area contributed by atoms with E-state index in [-0.39, 0.29) is 11.8 Å². The molecule has 2 rings (SSSR count). The van der Waals surface area contributed by atoms with E-state index in [1.54, 1.807) is 0 Å². The predicted octanol–water partition coefficient (Wildman–Crippen LogP) is 3.28. The van der Waals surface area contributed by atoms with Crippen LogP contribution in [0.2, 0.25) is 5.02 Å². The van der Waals surface area contributed by atoms with Gasteiger partial charge in [-0.1, -0.05) is 36.8 Å². The number of halogens is 1. The van der Waals surface area contributed by atoms with Gasteiger partial charge in [-0.05, 0) is 24.6 Å². The van der Waals surface area contributed by atoms with E-state index in [0.717, 1.165) is 15.8 Å². The van der Waals surface area contributed by atoms with Crippen LogP contribution in [-0.2, 0) is 11.8 Å². The van der Waals surface area contributed by atoms with Gasteiger partial charge in [0.05, 0.1) is 10.2 Å². The molecule has 0 aliphatic heterocycles. The second-order valence-electron chi connectivity index (χ2n) is 4.62. The van der Waals surface area contributed by atoms with Crippen LogP contribution in [0, 0.1) is 12.8 Å². The molecule has 3 nitrogen and oxygen atoms in total. The fourth-order valence-corrected chi connectivity index (χ4v) is 3.27. The highest BCUT2D eigenvalue weighted by molar-refractivity contribution is 7.16. The Morgan fingerprint density at radius 1 is 1.44 bits per heavy atom. The van der Waals surface area contributed by atoms with Crippen molar-refractivity contribution >= 4 is 39.1 Å². The van der Waals surface area contributed by atoms with Gasteiger partial charge < -0.3 is 4.57 Å². The summed E-state index contributed by atoms with van der Waals surface area (Å²) in [6.45, 7) is 5.71. The second-order valence-corrected chi connectivity index (χ2v) is 6.06. The second kappa shape index (κ2) is 4.86. The van der Waals surface area contributed by atoms with Gasteiger partial charge in [0.15, 0.2) is 4.80 Å². The molecule has 0 N–H and O–H groups in total. The minimum atomic E-state index is -0.0964. The van der Waals surface area contributed by atoms with Crippen LogP contribution in [0.4, 0.5) is 0 Å². The maximum atomic E-state index is 11.7. The summed E-state index contributed by atoms with van der Waals surface area (Å²) in [4.78, 5) is 16.6. The average Bonchev–Trinajstić information content (AvgIpc) is 2.55. The lowest BCUT2D eigenvalue weighted by atomic mass is 10.2. The molecule has 96 valence electrons. The molecule has 0 fully saturated rings. The van der Waals surface area contributed by atoms with Crippen molar-refractivity contribution in [3.8, 4) is 0 Å². The Bertz CT molecular complexity index is 682. The Balaban J connectivity index is 2.72. The smallest absolute Gasteiger partial charge is 0.250 e. The number of carbonyl (C=O) groups is 1. The number of fused-ring (bicyclic) bond motifs is 1. The Labute approximate surface area is 115 Å². The Kier molecular flexibility index (Phi) is 3.59. The number of benzene rings is 1. The van der Waals surface area contributed by atoms with Crippen LogP contribution in [0.5, 0.6) is 0 Å². The highest BCUT2D eigenvalue weighted by atomic mass is 35.5. The number of thiazole rings is 1. The summed E-state index contributed by atoms with van der Waals surface area (Å²) in [6.07, 6.45) is 0. The van der Waals surface area contributed by atoms with E-state index < -0.39 is 0 Å². The molecule has 5 heteroatoms. The number of carbonyl (C=O) groups excluding carboxylic acids is 1. The number of aryl methyl sites for hydroxylation is 2. The van der Waals surface area contributed by atoms with E-state index in [1.807, 2.05) is 44.5 Å². The zero-order valence-corrected chi connectivity index (χ0v) is 12.4. The molecule has 0 saturated heterocycles. The summed E-state index contributed by atoms with van der Waals surface area (Å²) >= 11 is 7.53. The van der Waals surface area contributed by atoms with E-state index in [9.17, 15) is 4.79 Å². The number of rotatable bonds is 1. The Hall–Kier alpha value is -1.13. The largest absolute Gasteiger partial charge is 0.319 e. The van der Waals surface area contributed by atoms with E-state index in [0.29, 0.717) is 9.82 Å². The molecule has 1 aromatic heterocycles. The number of hydrogen-bond acceptors (Lipinski definition) is 2. The normalized spacial score (nSPS) is 12.7. The molecule has 2 aromatic rings. The highest BCUT2D eigenvalue weighted by Crippen LogP contribution is 2.25. The summed E-state index contributed by atoms with van der Waals surface area (Å²) in [7, 11) is 1.92. The first-order valence-electron chi connectivity index (χ1n) is 5.74. The number of aromatic nitrogens is 1. The molecular formula is C13H15ClN2OS. The molecule has 1 amide bonds. The molecule has 18 heavy (non-hydrogen) atoms. The third kappa shape index (κ3) is 2.35. The van der Waals surface area contributed by atoms with Crippen LogP contribution in [0.25, 0.3) is 10.2 Å². The monoisotopic (exact) mass is 282 g/mol. The lowest BCUT2D eigenvalue weighted by molar-refractivity contribution is -0.120. The molecular weight excluding hydrogens is 268 g/mol. The van der Waals surface area contributed by atoms with Gasteiger partial charge in [0.1, 0.15) is 0 Å². The number of hydrogen-bond donors (Lipinski definition) is 0. The first-order chi connectivity index (χ1) is 8.40. The predicted molar refractivity (Wildman–Crippen MR) is 76.0 cm³/mol. The van der Waals surface area contributed by atoms with Crippen LogP contribution in [-0.4, -0.2) is 10.5 Å². The van der Waals surface area contributed by atoms with Crippen LogP contribution in [0.1, 0.15) is 19.4 Å². The molecule has 0 spiro atoms. The maximum absolute atomic E-state index is 11.7. The van der Waals surface area contributed by atoms with E-state index >= 15 is 0 Å². The van der Waals surface area contributed by atoms with Crippen molar-refractivity contribution in [2.24, 2.45) is 18.0 Å². The first kappa shape index (κ1) is 13.3. The lowest BCUT2D eigenvalue weighted by Crippen LogP contribution is -2.15. The fraction of sp³-hybridized carbons (Fsp3) is 0.385. The average molecular weight is 283 g/mol. The molecule has 0 bridgehead atoms. The maximum Gasteiger partial charge on any atom is 0.250 e. The topological polar surface area (TPSA) is 34.4 Å². The van der Waals surface area contributed by atoms with E-state index in [2.05, 4.69) is 4.99 Å². The third-order valence-corrected chi connectivity index (χ3v) is 4.05. The summed E-state index contributed by atoms with van der Waals surface area (Å²) in [5.74, 6) is -0.180. The summed E-state index contributed by atoms with van der Waals surface area (Å²) in [6, 6.07) is 3.83. The van der Waals surface area contributed by atoms with E-state index in [4.69, 9.17) is 11.6 Å². The molecule has 0 radical (unpaired) electrons. The molecule has 0 atom stereocenters. The highest BCUT2D eigenvalue weighted by Gasteiger charge is 2.10. The van der Waals surface area contributed by atoms with Gasteiger partial charge in [0.25, 0.3) is 5.91 Å². The zero-order valence-electron chi connectivity index (χ0n) is 10.8. The molecule has 0 aliphatic carbocycles. The molecule has 0 aliphatic rings. The minimum Gasteiger partial charge on any atom is -0.319 e. The van der Waals surface area contributed by atoms with Gasteiger partial charge in [-0.3, -0.25) is 4.79 Å². The lowest BCUT2D eigenvalue weighted by Gasteiger charge is -2.01. The Morgan fingerprint density at radius 3 is 2.72 bits per heavy atom. The molecule has 1 heterocycles. The zero-order chi connectivity index (χ0) is 13.4. The van der Waals surface area contributed by atoms with Gasteiger partial charge in [0.2, 0.25) is 0 Å². The number of amides is 1. The van der Waals surface area contributed by atoms with Gasteiger partial charge in [-0.15, -0.1) is 0 Å². The molecule has 0 saturated carbocycles. The van der Waals surface area contributed by atoms with Crippen LogP contribution >= 0.6 is 22.9 Å². The summed E-state index contributed by atoms with van der Waals surface area (Å²) in [5.41, 5.74) is 2.18. The van der Waals surface area contributed by atoms with Crippen molar-refractivity contribution in [3.63, 3.8) is 0 Å². The number of nitrogens with zero attached hydrogens (tertiary/aromatic N) is 2. The summed E-state index contributed by atoms with van der Waals surface area (Å²) in [5, 5.41) is 0.712. The summed E-state index contributed by atoms with van der Waals surface area (Å²) < 4.78 is 3.00. The minimum absolute atomic E-state index is 0.0834. The molecule has 0 unspecified atom stereocenters. The quantitative estimate of drug-likeness (QED) is 0.790. The van der Waals surface area contributed by atoms with Gasteiger partial charge >= 0.3 is 0 Å². The SMILES string of the molecule is Cc1cc(Cl)cc2sc(=NC(=O)C(C)C)n(C)c12. The van der Waals surface area contributed by atoms with Gasteiger partial charge in [0, 0.05) is 18.0 Å². The third-order valence-electron chi connectivity index (χ3n) is 2.75. The molecule has 1 aromatic carbocycles. The van der Waals surface area contributed by atoms with Crippen molar-refractivity contribution in [2.45, 2.75) is 20.8 Å². The van der Waals surface area contributed by atoms with Crippen LogP contribution in [0.15, 0.2) is 17.1 Å². The Morgan fingerprint density at radius 2 is 2.11 bits per heavy atom. The van der Waals surface area contributed by atoms with Crippen LogP contribution < -0.4 is 4.80 Å². The standard InChI is InChI=1S/C13H15ClN2OS/c1-7(2)12(17)15-13-16(4)11-8(3)5-9(14)6-10(11)18-13/h5-7H,1-4H3. The van der Waals surface area contributed by atoms with Gasteiger partial charge in [-0.25, -0.2) is 0 Å². The first-order valence-corrected chi connectivity index (χ1v) is 6.94. The fourth-order valence-electron chi connectivity index (χ4n) is 1.80.